The highest BCUT2D eigenvalue weighted by Crippen LogP contribution is 2.25. The predicted octanol–water partition coefficient (Wildman–Crippen LogP) is 2.83. The van der Waals surface area contributed by atoms with E-state index >= 15 is 0 Å². The number of hydrogen-bond acceptors (Lipinski definition) is 4. The van der Waals surface area contributed by atoms with E-state index in [9.17, 15) is 0 Å². The summed E-state index contributed by atoms with van der Waals surface area (Å²) in [4.78, 5) is 7.30. The zero-order valence-corrected chi connectivity index (χ0v) is 11.9. The lowest BCUT2D eigenvalue weighted by molar-refractivity contribution is 0.319. The molecule has 2 aromatic rings. The van der Waals surface area contributed by atoms with Crippen molar-refractivity contribution in [2.24, 2.45) is 0 Å². The van der Waals surface area contributed by atoms with Crippen LogP contribution in [0.3, 0.4) is 0 Å². The molecule has 0 aliphatic carbocycles. The average molecular weight is 274 g/mol. The minimum absolute atomic E-state index is 0.680. The first-order valence-corrected chi connectivity index (χ1v) is 7.04. The first kappa shape index (κ1) is 14.2. The number of nitrogens with one attached hydrogen (secondary N) is 2. The summed E-state index contributed by atoms with van der Waals surface area (Å²) in [5.41, 5.74) is 7.60. The molecule has 0 aliphatic heterocycles. The van der Waals surface area contributed by atoms with Crippen LogP contribution in [0, 0.1) is 0 Å². The molecule has 108 valence electrons. The summed E-state index contributed by atoms with van der Waals surface area (Å²) in [6.45, 7) is 3.65. The number of nitrogen functional groups attached to an aromatic ring is 1. The molecule has 0 bridgehead atoms. The number of anilines is 2. The van der Waals surface area contributed by atoms with Crippen molar-refractivity contribution >= 4 is 11.4 Å². The average Bonchev–Trinajstić information content (AvgIpc) is 2.97. The number of benzene rings is 1. The molecule has 5 heteroatoms. The summed E-state index contributed by atoms with van der Waals surface area (Å²) in [6, 6.07) is 5.80. The molecule has 5 nitrogen and oxygen atoms in total. The Balaban J connectivity index is 1.80. The summed E-state index contributed by atoms with van der Waals surface area (Å²) < 4.78 is 5.61. The molecule has 0 saturated carbocycles. The Labute approximate surface area is 119 Å². The van der Waals surface area contributed by atoms with E-state index < -0.39 is 0 Å². The monoisotopic (exact) mass is 274 g/mol. The second kappa shape index (κ2) is 7.43. The third-order valence-corrected chi connectivity index (χ3v) is 2.95. The van der Waals surface area contributed by atoms with Crippen molar-refractivity contribution in [2.75, 3.05) is 24.2 Å². The minimum Gasteiger partial charge on any atom is -0.491 e. The molecule has 20 heavy (non-hydrogen) atoms. The number of rotatable bonds is 8. The second-order valence-electron chi connectivity index (χ2n) is 4.67. The Bertz CT molecular complexity index is 511. The number of aromatic amines is 1. The Morgan fingerprint density at radius 1 is 1.40 bits per heavy atom. The smallest absolute Gasteiger partial charge is 0.144 e. The van der Waals surface area contributed by atoms with Gasteiger partial charge in [-0.3, -0.25) is 0 Å². The van der Waals surface area contributed by atoms with E-state index in [1.54, 1.807) is 6.20 Å². The molecule has 0 atom stereocenters. The number of ether oxygens (including phenoxy) is 1. The number of H-pyrrole nitrogens is 1. The van der Waals surface area contributed by atoms with E-state index in [2.05, 4.69) is 22.2 Å². The first-order valence-electron chi connectivity index (χ1n) is 7.04. The van der Waals surface area contributed by atoms with Gasteiger partial charge in [-0.05, 0) is 25.0 Å². The second-order valence-corrected chi connectivity index (χ2v) is 4.67. The Kier molecular flexibility index (Phi) is 5.29. The van der Waals surface area contributed by atoms with Crippen LogP contribution in [0.25, 0.3) is 0 Å². The molecule has 1 heterocycles. The normalized spacial score (nSPS) is 10.4. The van der Waals surface area contributed by atoms with Gasteiger partial charge in [0.2, 0.25) is 0 Å². The van der Waals surface area contributed by atoms with Crippen molar-refractivity contribution in [2.45, 2.75) is 26.2 Å². The van der Waals surface area contributed by atoms with Gasteiger partial charge >= 0.3 is 0 Å². The van der Waals surface area contributed by atoms with Gasteiger partial charge in [0.05, 0.1) is 12.3 Å². The standard InChI is InChI=1S/C15H22N4O/c1-2-10-20-14-11-12(5-6-13(14)16)17-7-3-4-15-18-8-9-19-15/h5-6,8-9,11,17H,2-4,7,10,16H2,1H3,(H,18,19). The highest BCUT2D eigenvalue weighted by molar-refractivity contribution is 5.61. The van der Waals surface area contributed by atoms with E-state index in [1.807, 2.05) is 24.4 Å². The lowest BCUT2D eigenvalue weighted by atomic mass is 10.2. The summed E-state index contributed by atoms with van der Waals surface area (Å²) >= 11 is 0. The number of nitrogens with zero attached hydrogens (tertiary/aromatic N) is 1. The highest BCUT2D eigenvalue weighted by atomic mass is 16.5. The van der Waals surface area contributed by atoms with E-state index in [4.69, 9.17) is 10.5 Å². The van der Waals surface area contributed by atoms with Crippen LogP contribution in [0.1, 0.15) is 25.6 Å². The molecule has 0 aliphatic rings. The van der Waals surface area contributed by atoms with Gasteiger partial charge in [0.15, 0.2) is 0 Å². The molecule has 0 radical (unpaired) electrons. The molecule has 0 fully saturated rings. The third-order valence-electron chi connectivity index (χ3n) is 2.95. The molecule has 1 aromatic heterocycles. The van der Waals surface area contributed by atoms with Gasteiger partial charge in [0.1, 0.15) is 11.6 Å². The maximum absolute atomic E-state index is 5.88. The molecule has 1 aromatic carbocycles. The van der Waals surface area contributed by atoms with Gasteiger partial charge < -0.3 is 20.8 Å². The molecule has 0 saturated heterocycles. The van der Waals surface area contributed by atoms with Crippen molar-refractivity contribution in [1.29, 1.82) is 0 Å². The molecule has 0 spiro atoms. The van der Waals surface area contributed by atoms with Crippen molar-refractivity contribution in [1.82, 2.24) is 9.97 Å². The number of hydrogen-bond donors (Lipinski definition) is 3. The maximum Gasteiger partial charge on any atom is 0.144 e. The van der Waals surface area contributed by atoms with Gasteiger partial charge in [-0.1, -0.05) is 6.92 Å². The van der Waals surface area contributed by atoms with E-state index in [0.29, 0.717) is 12.3 Å². The highest BCUT2D eigenvalue weighted by Gasteiger charge is 2.02. The summed E-state index contributed by atoms with van der Waals surface area (Å²) in [5.74, 6) is 1.78. The maximum atomic E-state index is 5.88. The molecular formula is C15H22N4O. The van der Waals surface area contributed by atoms with Crippen molar-refractivity contribution < 1.29 is 4.74 Å². The molecular weight excluding hydrogens is 252 g/mol. The van der Waals surface area contributed by atoms with Crippen LogP contribution in [0.2, 0.25) is 0 Å². The van der Waals surface area contributed by atoms with Crippen molar-refractivity contribution in [3.63, 3.8) is 0 Å². The van der Waals surface area contributed by atoms with Crippen LogP contribution in [0.5, 0.6) is 5.75 Å². The molecule has 4 N–H and O–H groups in total. The molecule has 2 rings (SSSR count). The van der Waals surface area contributed by atoms with Gasteiger partial charge in [0.25, 0.3) is 0 Å². The zero-order valence-electron chi connectivity index (χ0n) is 11.9. The Hall–Kier alpha value is -2.17. The van der Waals surface area contributed by atoms with Crippen LogP contribution in [-0.2, 0) is 6.42 Å². The quantitative estimate of drug-likeness (QED) is 0.511. The van der Waals surface area contributed by atoms with Crippen LogP contribution in [0.15, 0.2) is 30.6 Å². The fraction of sp³-hybridized carbons (Fsp3) is 0.400. The topological polar surface area (TPSA) is 76.0 Å². The van der Waals surface area contributed by atoms with Gasteiger partial charge in [-0.15, -0.1) is 0 Å². The Morgan fingerprint density at radius 2 is 2.30 bits per heavy atom. The number of aryl methyl sites for hydroxylation is 1. The molecule has 0 unspecified atom stereocenters. The minimum atomic E-state index is 0.680. The van der Waals surface area contributed by atoms with Crippen LogP contribution >= 0.6 is 0 Å². The van der Waals surface area contributed by atoms with Gasteiger partial charge in [0, 0.05) is 37.1 Å². The van der Waals surface area contributed by atoms with E-state index in [1.165, 1.54) is 0 Å². The first-order chi connectivity index (χ1) is 9.79. The SMILES string of the molecule is CCCOc1cc(NCCCc2ncc[nH]2)ccc1N. The van der Waals surface area contributed by atoms with Crippen molar-refractivity contribution in [3.8, 4) is 5.75 Å². The summed E-state index contributed by atoms with van der Waals surface area (Å²) in [5, 5.41) is 3.37. The van der Waals surface area contributed by atoms with Gasteiger partial charge in [-0.2, -0.15) is 0 Å². The fourth-order valence-corrected chi connectivity index (χ4v) is 1.90. The summed E-state index contributed by atoms with van der Waals surface area (Å²) in [7, 11) is 0. The zero-order chi connectivity index (χ0) is 14.2. The predicted molar refractivity (Wildman–Crippen MR) is 82.0 cm³/mol. The van der Waals surface area contributed by atoms with Crippen LogP contribution < -0.4 is 15.8 Å². The number of imidazole rings is 1. The largest absolute Gasteiger partial charge is 0.491 e. The number of nitrogens with two attached hydrogens (primary N) is 1. The summed E-state index contributed by atoms with van der Waals surface area (Å²) in [6.07, 6.45) is 6.55. The fourth-order valence-electron chi connectivity index (χ4n) is 1.90. The lowest BCUT2D eigenvalue weighted by Gasteiger charge is -2.11. The van der Waals surface area contributed by atoms with Crippen LogP contribution in [0.4, 0.5) is 11.4 Å². The number of aromatic nitrogens is 2. The third kappa shape index (κ3) is 4.19. The lowest BCUT2D eigenvalue weighted by Crippen LogP contribution is -2.05. The molecule has 0 amide bonds. The van der Waals surface area contributed by atoms with E-state index in [0.717, 1.165) is 43.1 Å². The van der Waals surface area contributed by atoms with E-state index in [-0.39, 0.29) is 0 Å². The Morgan fingerprint density at radius 3 is 3.05 bits per heavy atom. The van der Waals surface area contributed by atoms with Crippen molar-refractivity contribution in [3.05, 3.63) is 36.4 Å². The van der Waals surface area contributed by atoms with Gasteiger partial charge in [-0.25, -0.2) is 4.98 Å². The van der Waals surface area contributed by atoms with Crippen LogP contribution in [-0.4, -0.2) is 23.1 Å².